The predicted octanol–water partition coefficient (Wildman–Crippen LogP) is 3.49. The molecule has 0 saturated carbocycles. The summed E-state index contributed by atoms with van der Waals surface area (Å²) in [6.45, 7) is -0.0115. The maximum absolute atomic E-state index is 11.5. The van der Waals surface area contributed by atoms with Crippen LogP contribution in [0.2, 0.25) is 5.02 Å². The molecule has 0 radical (unpaired) electrons. The molecule has 142 valence electrons. The van der Waals surface area contributed by atoms with Gasteiger partial charge in [0.15, 0.2) is 11.0 Å². The van der Waals surface area contributed by atoms with Crippen molar-refractivity contribution >= 4 is 40.6 Å². The minimum absolute atomic E-state index is 0.0115. The Bertz CT molecular complexity index is 1090. The van der Waals surface area contributed by atoms with Gasteiger partial charge >= 0.3 is 0 Å². The number of thiophene rings is 1. The Morgan fingerprint density at radius 3 is 2.79 bits per heavy atom. The molecule has 1 amide bonds. The van der Waals surface area contributed by atoms with Crippen LogP contribution in [-0.2, 0) is 17.1 Å². The SMILES string of the molecule is NC(=O)Cn1c(SCc2nc(-c3ccc(Cl)cc3)no2)nnc1-c1cccs1. The van der Waals surface area contributed by atoms with Crippen LogP contribution in [0.5, 0.6) is 0 Å². The number of halogens is 1. The molecule has 1 aromatic carbocycles. The summed E-state index contributed by atoms with van der Waals surface area (Å²) >= 11 is 8.75. The van der Waals surface area contributed by atoms with Crippen molar-refractivity contribution in [3.8, 4) is 22.1 Å². The quantitative estimate of drug-likeness (QED) is 0.444. The number of primary amides is 1. The summed E-state index contributed by atoms with van der Waals surface area (Å²) in [5, 5.41) is 15.5. The second-order valence-electron chi connectivity index (χ2n) is 5.64. The highest BCUT2D eigenvalue weighted by molar-refractivity contribution is 7.98. The van der Waals surface area contributed by atoms with E-state index in [4.69, 9.17) is 21.9 Å². The first kappa shape index (κ1) is 18.7. The number of nitrogens with two attached hydrogens (primary N) is 1. The van der Waals surface area contributed by atoms with E-state index in [-0.39, 0.29) is 6.54 Å². The highest BCUT2D eigenvalue weighted by Gasteiger charge is 2.18. The molecule has 8 nitrogen and oxygen atoms in total. The van der Waals surface area contributed by atoms with Gasteiger partial charge in [0.05, 0.1) is 10.6 Å². The molecule has 0 unspecified atom stereocenters. The van der Waals surface area contributed by atoms with Gasteiger partial charge in [0.2, 0.25) is 17.6 Å². The fourth-order valence-electron chi connectivity index (χ4n) is 2.44. The van der Waals surface area contributed by atoms with Gasteiger partial charge in [0.1, 0.15) is 6.54 Å². The van der Waals surface area contributed by atoms with Gasteiger partial charge in [-0.3, -0.25) is 9.36 Å². The summed E-state index contributed by atoms with van der Waals surface area (Å²) in [5.74, 6) is 1.42. The molecule has 0 bridgehead atoms. The van der Waals surface area contributed by atoms with Crippen LogP contribution in [-0.4, -0.2) is 30.8 Å². The van der Waals surface area contributed by atoms with Crippen LogP contribution in [0.4, 0.5) is 0 Å². The highest BCUT2D eigenvalue weighted by Crippen LogP contribution is 2.29. The van der Waals surface area contributed by atoms with Crippen LogP contribution in [0.1, 0.15) is 5.89 Å². The van der Waals surface area contributed by atoms with Gasteiger partial charge in [-0.2, -0.15) is 4.98 Å². The van der Waals surface area contributed by atoms with Crippen LogP contribution < -0.4 is 5.73 Å². The number of hydrogen-bond acceptors (Lipinski definition) is 8. The Balaban J connectivity index is 1.52. The predicted molar refractivity (Wildman–Crippen MR) is 107 cm³/mol. The minimum Gasteiger partial charge on any atom is -0.368 e. The van der Waals surface area contributed by atoms with Gasteiger partial charge in [0, 0.05) is 10.6 Å². The third-order valence-electron chi connectivity index (χ3n) is 3.67. The van der Waals surface area contributed by atoms with Crippen molar-refractivity contribution < 1.29 is 9.32 Å². The molecule has 0 aliphatic heterocycles. The molecule has 3 aromatic heterocycles. The lowest BCUT2D eigenvalue weighted by Gasteiger charge is -2.05. The Morgan fingerprint density at radius 2 is 2.07 bits per heavy atom. The van der Waals surface area contributed by atoms with Crippen molar-refractivity contribution in [1.29, 1.82) is 0 Å². The maximum atomic E-state index is 11.5. The van der Waals surface area contributed by atoms with Crippen LogP contribution in [0, 0.1) is 0 Å². The highest BCUT2D eigenvalue weighted by atomic mass is 35.5. The molecule has 4 rings (SSSR count). The number of carbonyl (C=O) groups excluding carboxylic acids is 1. The molecule has 11 heteroatoms. The monoisotopic (exact) mass is 432 g/mol. The van der Waals surface area contributed by atoms with Crippen molar-refractivity contribution in [2.45, 2.75) is 17.5 Å². The topological polar surface area (TPSA) is 113 Å². The van der Waals surface area contributed by atoms with Crippen molar-refractivity contribution in [2.75, 3.05) is 0 Å². The second kappa shape index (κ2) is 8.13. The largest absolute Gasteiger partial charge is 0.368 e. The average Bonchev–Trinajstić information content (AvgIpc) is 3.41. The van der Waals surface area contributed by atoms with Crippen molar-refractivity contribution in [3.05, 3.63) is 52.7 Å². The standard InChI is InChI=1S/C17H13ClN6O2S2/c18-11-5-3-10(4-6-11)15-20-14(26-23-15)9-28-17-22-21-16(12-2-1-7-27-12)24(17)8-13(19)25/h1-7H,8-9H2,(H2,19,25). The number of rotatable bonds is 7. The molecule has 0 aliphatic carbocycles. The number of benzene rings is 1. The molecule has 0 aliphatic rings. The van der Waals surface area contributed by atoms with Crippen molar-refractivity contribution in [1.82, 2.24) is 24.9 Å². The molecule has 0 fully saturated rings. The van der Waals surface area contributed by atoms with Crippen molar-refractivity contribution in [3.63, 3.8) is 0 Å². The molecule has 0 saturated heterocycles. The van der Waals surface area contributed by atoms with Gasteiger partial charge in [-0.15, -0.1) is 21.5 Å². The Kier molecular flexibility index (Phi) is 5.42. The Morgan fingerprint density at radius 1 is 1.25 bits per heavy atom. The summed E-state index contributed by atoms with van der Waals surface area (Å²) in [6.07, 6.45) is 0. The summed E-state index contributed by atoms with van der Waals surface area (Å²) < 4.78 is 7.00. The molecule has 0 spiro atoms. The van der Waals surface area contributed by atoms with E-state index in [0.717, 1.165) is 10.4 Å². The van der Waals surface area contributed by atoms with Crippen LogP contribution >= 0.6 is 34.7 Å². The summed E-state index contributed by atoms with van der Waals surface area (Å²) in [7, 11) is 0. The lowest BCUT2D eigenvalue weighted by molar-refractivity contribution is -0.118. The fourth-order valence-corrected chi connectivity index (χ4v) is 4.06. The summed E-state index contributed by atoms with van der Waals surface area (Å²) in [4.78, 5) is 16.8. The van der Waals surface area contributed by atoms with E-state index in [1.54, 1.807) is 16.7 Å². The van der Waals surface area contributed by atoms with Gasteiger partial charge in [-0.25, -0.2) is 0 Å². The third kappa shape index (κ3) is 4.08. The number of nitrogens with zero attached hydrogens (tertiary/aromatic N) is 5. The van der Waals surface area contributed by atoms with Gasteiger partial charge in [-0.05, 0) is 35.7 Å². The Labute approximate surface area is 172 Å². The van der Waals surface area contributed by atoms with Gasteiger partial charge in [-0.1, -0.05) is 34.6 Å². The van der Waals surface area contributed by atoms with E-state index in [2.05, 4.69) is 20.3 Å². The number of thioether (sulfide) groups is 1. The molecule has 28 heavy (non-hydrogen) atoms. The first-order valence-electron chi connectivity index (χ1n) is 8.07. The van der Waals surface area contributed by atoms with E-state index in [0.29, 0.717) is 33.5 Å². The van der Waals surface area contributed by atoms with E-state index < -0.39 is 5.91 Å². The average molecular weight is 433 g/mol. The molecular weight excluding hydrogens is 420 g/mol. The molecule has 3 heterocycles. The molecular formula is C17H13ClN6O2S2. The van der Waals surface area contributed by atoms with E-state index >= 15 is 0 Å². The third-order valence-corrected chi connectivity index (χ3v) is 5.74. The smallest absolute Gasteiger partial charge is 0.237 e. The van der Waals surface area contributed by atoms with Crippen LogP contribution in [0.25, 0.3) is 22.1 Å². The Hall–Kier alpha value is -2.69. The lowest BCUT2D eigenvalue weighted by Crippen LogP contribution is -2.19. The first-order chi connectivity index (χ1) is 13.6. The zero-order valence-corrected chi connectivity index (χ0v) is 16.7. The fraction of sp³-hybridized carbons (Fsp3) is 0.118. The van der Waals surface area contributed by atoms with Gasteiger partial charge < -0.3 is 10.3 Å². The lowest BCUT2D eigenvalue weighted by atomic mass is 10.2. The zero-order chi connectivity index (χ0) is 19.5. The molecule has 4 aromatic rings. The zero-order valence-electron chi connectivity index (χ0n) is 14.3. The second-order valence-corrected chi connectivity index (χ2v) is 7.97. The number of hydrogen-bond donors (Lipinski definition) is 1. The normalized spacial score (nSPS) is 11.0. The van der Waals surface area contributed by atoms with E-state index in [9.17, 15) is 4.79 Å². The summed E-state index contributed by atoms with van der Waals surface area (Å²) in [6, 6.07) is 11.0. The number of aromatic nitrogens is 5. The first-order valence-corrected chi connectivity index (χ1v) is 10.3. The van der Waals surface area contributed by atoms with Crippen molar-refractivity contribution in [2.24, 2.45) is 5.73 Å². The van der Waals surface area contributed by atoms with E-state index in [1.807, 2.05) is 29.6 Å². The maximum Gasteiger partial charge on any atom is 0.237 e. The van der Waals surface area contributed by atoms with E-state index in [1.165, 1.54) is 23.1 Å². The molecule has 0 atom stereocenters. The minimum atomic E-state index is -0.470. The van der Waals surface area contributed by atoms with Crippen LogP contribution in [0.3, 0.4) is 0 Å². The number of amides is 1. The van der Waals surface area contributed by atoms with Gasteiger partial charge in [0.25, 0.3) is 0 Å². The number of carbonyl (C=O) groups is 1. The molecule has 2 N–H and O–H groups in total. The summed E-state index contributed by atoms with van der Waals surface area (Å²) in [5.41, 5.74) is 6.20. The van der Waals surface area contributed by atoms with Crippen LogP contribution in [0.15, 0.2) is 51.5 Å².